The number of hydrogen-bond acceptors (Lipinski definition) is 7. The molecule has 3 heterocycles. The second-order valence-electron chi connectivity index (χ2n) is 5.65. The minimum atomic E-state index is -0.328. The molecule has 1 aromatic carbocycles. The maximum absolute atomic E-state index is 12.1. The lowest BCUT2D eigenvalue weighted by atomic mass is 10.1. The van der Waals surface area contributed by atoms with Gasteiger partial charge in [-0.1, -0.05) is 35.0 Å². The third kappa shape index (κ3) is 3.52. The van der Waals surface area contributed by atoms with Gasteiger partial charge in [-0.2, -0.15) is 16.1 Å². The fourth-order valence-corrected chi connectivity index (χ4v) is 2.95. The van der Waals surface area contributed by atoms with Gasteiger partial charge in [0.2, 0.25) is 17.6 Å². The van der Waals surface area contributed by atoms with Crippen molar-refractivity contribution in [1.82, 2.24) is 25.4 Å². The van der Waals surface area contributed by atoms with Crippen molar-refractivity contribution < 1.29 is 9.32 Å². The standard InChI is InChI=1S/C17H14N6O2S/c1-11-2-4-12(5-3-11)14-8-16(25-21-14)18-15(24)9-23-20-17(19-22-23)13-6-7-26-10-13/h2-8,10H,9H2,1H3,(H,18,24). The average Bonchev–Trinajstić information content (AvgIpc) is 3.36. The van der Waals surface area contributed by atoms with Crippen LogP contribution in [-0.2, 0) is 11.3 Å². The van der Waals surface area contributed by atoms with E-state index in [1.807, 2.05) is 48.0 Å². The van der Waals surface area contributed by atoms with Crippen molar-refractivity contribution in [3.63, 3.8) is 0 Å². The third-order valence-electron chi connectivity index (χ3n) is 3.64. The van der Waals surface area contributed by atoms with Crippen molar-refractivity contribution >= 4 is 23.1 Å². The van der Waals surface area contributed by atoms with Crippen LogP contribution in [0.2, 0.25) is 0 Å². The Morgan fingerprint density at radius 2 is 2.08 bits per heavy atom. The Labute approximate surface area is 152 Å². The van der Waals surface area contributed by atoms with E-state index in [0.29, 0.717) is 11.5 Å². The first-order valence-electron chi connectivity index (χ1n) is 7.81. The predicted octanol–water partition coefficient (Wildman–Crippen LogP) is 3.00. The van der Waals surface area contributed by atoms with Gasteiger partial charge in [-0.05, 0) is 23.6 Å². The Morgan fingerprint density at radius 3 is 2.85 bits per heavy atom. The van der Waals surface area contributed by atoms with Gasteiger partial charge in [0, 0.05) is 22.6 Å². The van der Waals surface area contributed by atoms with Crippen molar-refractivity contribution in [3.8, 4) is 22.6 Å². The molecule has 8 nitrogen and oxygen atoms in total. The molecule has 0 atom stereocenters. The number of tetrazole rings is 1. The number of hydrogen-bond donors (Lipinski definition) is 1. The van der Waals surface area contributed by atoms with Crippen LogP contribution >= 0.6 is 11.3 Å². The molecule has 0 radical (unpaired) electrons. The molecule has 130 valence electrons. The molecule has 0 aliphatic carbocycles. The van der Waals surface area contributed by atoms with E-state index in [1.54, 1.807) is 17.4 Å². The maximum Gasteiger partial charge on any atom is 0.250 e. The first kappa shape index (κ1) is 16.2. The topological polar surface area (TPSA) is 98.7 Å². The highest BCUT2D eigenvalue weighted by atomic mass is 32.1. The van der Waals surface area contributed by atoms with E-state index in [-0.39, 0.29) is 18.3 Å². The summed E-state index contributed by atoms with van der Waals surface area (Å²) >= 11 is 1.54. The lowest BCUT2D eigenvalue weighted by Gasteiger charge is -1.99. The molecule has 0 saturated carbocycles. The highest BCUT2D eigenvalue weighted by Gasteiger charge is 2.13. The minimum absolute atomic E-state index is 0.0717. The molecule has 0 unspecified atom stereocenters. The second kappa shape index (κ2) is 6.89. The van der Waals surface area contributed by atoms with Gasteiger partial charge in [0.1, 0.15) is 12.2 Å². The number of thiophene rings is 1. The summed E-state index contributed by atoms with van der Waals surface area (Å²) in [6, 6.07) is 11.4. The number of carbonyl (C=O) groups excluding carboxylic acids is 1. The molecule has 3 aromatic heterocycles. The molecule has 1 amide bonds. The predicted molar refractivity (Wildman–Crippen MR) is 96.4 cm³/mol. The lowest BCUT2D eigenvalue weighted by Crippen LogP contribution is -2.20. The van der Waals surface area contributed by atoms with Gasteiger partial charge in [0.25, 0.3) is 0 Å². The van der Waals surface area contributed by atoms with E-state index in [0.717, 1.165) is 16.7 Å². The van der Waals surface area contributed by atoms with Gasteiger partial charge in [-0.15, -0.1) is 10.2 Å². The second-order valence-corrected chi connectivity index (χ2v) is 6.43. The molecule has 1 N–H and O–H groups in total. The zero-order chi connectivity index (χ0) is 17.9. The van der Waals surface area contributed by atoms with Crippen LogP contribution in [-0.4, -0.2) is 31.3 Å². The van der Waals surface area contributed by atoms with Crippen molar-refractivity contribution in [2.45, 2.75) is 13.5 Å². The van der Waals surface area contributed by atoms with Crippen molar-refractivity contribution in [2.75, 3.05) is 5.32 Å². The summed E-state index contributed by atoms with van der Waals surface area (Å²) in [5, 5.41) is 22.5. The largest absolute Gasteiger partial charge is 0.338 e. The van der Waals surface area contributed by atoms with Crippen molar-refractivity contribution in [3.05, 3.63) is 52.7 Å². The van der Waals surface area contributed by atoms with Crippen LogP contribution in [0.5, 0.6) is 0 Å². The molecule has 4 aromatic rings. The summed E-state index contributed by atoms with van der Waals surface area (Å²) in [7, 11) is 0. The molecule has 0 aliphatic rings. The zero-order valence-electron chi connectivity index (χ0n) is 13.8. The van der Waals surface area contributed by atoms with E-state index >= 15 is 0 Å². The lowest BCUT2D eigenvalue weighted by molar-refractivity contribution is -0.117. The molecule has 26 heavy (non-hydrogen) atoms. The SMILES string of the molecule is Cc1ccc(-c2cc(NC(=O)Cn3nnc(-c4ccsc4)n3)on2)cc1. The summed E-state index contributed by atoms with van der Waals surface area (Å²) in [5.74, 6) is 0.426. The Kier molecular flexibility index (Phi) is 4.28. The summed E-state index contributed by atoms with van der Waals surface area (Å²) in [5.41, 5.74) is 3.60. The molecule has 0 bridgehead atoms. The summed E-state index contributed by atoms with van der Waals surface area (Å²) in [4.78, 5) is 13.4. The highest BCUT2D eigenvalue weighted by Crippen LogP contribution is 2.22. The van der Waals surface area contributed by atoms with Gasteiger partial charge in [-0.3, -0.25) is 10.1 Å². The van der Waals surface area contributed by atoms with Gasteiger partial charge >= 0.3 is 0 Å². The van der Waals surface area contributed by atoms with Crippen molar-refractivity contribution in [1.29, 1.82) is 0 Å². The number of rotatable bonds is 5. The van der Waals surface area contributed by atoms with Crippen LogP contribution in [0.25, 0.3) is 22.6 Å². The number of aryl methyl sites for hydroxylation is 1. The van der Waals surface area contributed by atoms with Crippen LogP contribution in [0.15, 0.2) is 51.7 Å². The highest BCUT2D eigenvalue weighted by molar-refractivity contribution is 7.08. The van der Waals surface area contributed by atoms with Gasteiger partial charge in [-0.25, -0.2) is 0 Å². The number of benzene rings is 1. The first-order chi connectivity index (χ1) is 12.7. The van der Waals surface area contributed by atoms with E-state index in [9.17, 15) is 4.79 Å². The van der Waals surface area contributed by atoms with Crippen LogP contribution in [0.1, 0.15) is 5.56 Å². The smallest absolute Gasteiger partial charge is 0.250 e. The summed E-state index contributed by atoms with van der Waals surface area (Å²) in [6.07, 6.45) is 0. The molecule has 0 fully saturated rings. The Balaban J connectivity index is 1.40. The zero-order valence-corrected chi connectivity index (χ0v) is 14.6. The van der Waals surface area contributed by atoms with E-state index in [4.69, 9.17) is 4.52 Å². The van der Waals surface area contributed by atoms with E-state index in [2.05, 4.69) is 25.9 Å². The average molecular weight is 366 g/mol. The molecule has 9 heteroatoms. The molecule has 4 rings (SSSR count). The number of amides is 1. The van der Waals surface area contributed by atoms with Gasteiger partial charge in [0.15, 0.2) is 0 Å². The van der Waals surface area contributed by atoms with Gasteiger partial charge in [0.05, 0.1) is 0 Å². The number of nitrogens with zero attached hydrogens (tertiary/aromatic N) is 5. The van der Waals surface area contributed by atoms with Crippen LogP contribution in [0.3, 0.4) is 0 Å². The maximum atomic E-state index is 12.1. The molecular weight excluding hydrogens is 352 g/mol. The molecular formula is C17H14N6O2S. The molecule has 0 aliphatic heterocycles. The normalized spacial score (nSPS) is 10.8. The molecule has 0 saturated heterocycles. The number of carbonyl (C=O) groups is 1. The van der Waals surface area contributed by atoms with E-state index in [1.165, 1.54) is 4.80 Å². The van der Waals surface area contributed by atoms with Crippen LogP contribution < -0.4 is 5.32 Å². The van der Waals surface area contributed by atoms with Crippen molar-refractivity contribution in [2.24, 2.45) is 0 Å². The van der Waals surface area contributed by atoms with Crippen LogP contribution in [0.4, 0.5) is 5.88 Å². The van der Waals surface area contributed by atoms with Crippen LogP contribution in [0, 0.1) is 6.92 Å². The molecule has 0 spiro atoms. The number of nitrogens with one attached hydrogen (secondary N) is 1. The monoisotopic (exact) mass is 366 g/mol. The number of anilines is 1. The first-order valence-corrected chi connectivity index (χ1v) is 8.76. The quantitative estimate of drug-likeness (QED) is 0.583. The van der Waals surface area contributed by atoms with E-state index < -0.39 is 0 Å². The third-order valence-corrected chi connectivity index (χ3v) is 4.32. The summed E-state index contributed by atoms with van der Waals surface area (Å²) < 4.78 is 5.18. The fourth-order valence-electron chi connectivity index (χ4n) is 2.32. The Hall–Kier alpha value is -3.33. The Bertz CT molecular complexity index is 1020. The Morgan fingerprint density at radius 1 is 1.23 bits per heavy atom. The minimum Gasteiger partial charge on any atom is -0.338 e. The summed E-state index contributed by atoms with van der Waals surface area (Å²) in [6.45, 7) is 1.94. The van der Waals surface area contributed by atoms with Gasteiger partial charge < -0.3 is 4.52 Å². The fraction of sp³-hybridized carbons (Fsp3) is 0.118. The number of aromatic nitrogens is 5.